The molecule has 1 fully saturated rings. The summed E-state index contributed by atoms with van der Waals surface area (Å²) in [7, 11) is 0. The molecule has 0 radical (unpaired) electrons. The highest BCUT2D eigenvalue weighted by Crippen LogP contribution is 2.25. The molecule has 0 saturated carbocycles. The highest BCUT2D eigenvalue weighted by atomic mass is 79.9. The molecule has 0 aromatic heterocycles. The second-order valence-electron chi connectivity index (χ2n) is 7.30. The molecule has 1 atom stereocenters. The molecule has 1 unspecified atom stereocenters. The summed E-state index contributed by atoms with van der Waals surface area (Å²) >= 11 is 3.20. The van der Waals surface area contributed by atoms with E-state index in [0.717, 1.165) is 32.5 Å². The Morgan fingerprint density at radius 1 is 0.917 bits per heavy atom. The molecule has 1 rings (SSSR count). The standard InChI is InChI=1S/C21H38BrNO/c1-2-3-4-5-6-7-8-9-10-11-12-13-15-21(16-14-17-22)20-23-18-19-24-21/h23H,2-13,15-16,18-20H2,1H3. The second-order valence-corrected chi connectivity index (χ2v) is 7.69. The smallest absolute Gasteiger partial charge is 0.0915 e. The van der Waals surface area contributed by atoms with Crippen LogP contribution < -0.4 is 5.32 Å². The molecular formula is C21H38BrNO. The first-order valence-corrected chi connectivity index (χ1v) is 11.1. The molecule has 0 aromatic rings. The van der Waals surface area contributed by atoms with Crippen molar-refractivity contribution in [3.05, 3.63) is 0 Å². The Balaban J connectivity index is 1.97. The van der Waals surface area contributed by atoms with Gasteiger partial charge in [0.05, 0.1) is 12.2 Å². The summed E-state index contributed by atoms with van der Waals surface area (Å²) < 4.78 is 6.08. The van der Waals surface area contributed by atoms with Gasteiger partial charge < -0.3 is 10.1 Å². The first kappa shape index (κ1) is 22.0. The van der Waals surface area contributed by atoms with E-state index in [4.69, 9.17) is 4.74 Å². The molecule has 0 aliphatic carbocycles. The summed E-state index contributed by atoms with van der Waals surface area (Å²) in [6.45, 7) is 5.03. The average Bonchev–Trinajstić information content (AvgIpc) is 2.62. The number of halogens is 1. The van der Waals surface area contributed by atoms with E-state index in [2.05, 4.69) is 38.9 Å². The summed E-state index contributed by atoms with van der Waals surface area (Å²) in [5, 5.41) is 3.47. The van der Waals surface area contributed by atoms with Crippen LogP contribution in [-0.4, -0.2) is 25.3 Å². The zero-order valence-electron chi connectivity index (χ0n) is 15.8. The Bertz CT molecular complexity index is 341. The van der Waals surface area contributed by atoms with Crippen molar-refractivity contribution in [3.63, 3.8) is 0 Å². The molecule has 3 heteroatoms. The predicted molar refractivity (Wildman–Crippen MR) is 109 cm³/mol. The van der Waals surface area contributed by atoms with Crippen molar-refractivity contribution in [1.82, 2.24) is 5.32 Å². The quantitative estimate of drug-likeness (QED) is 0.278. The maximum Gasteiger partial charge on any atom is 0.0915 e. The Kier molecular flexibility index (Phi) is 14.0. The van der Waals surface area contributed by atoms with Crippen molar-refractivity contribution in [3.8, 4) is 10.8 Å². The maximum absolute atomic E-state index is 6.08. The van der Waals surface area contributed by atoms with Crippen LogP contribution in [0.3, 0.4) is 0 Å². The van der Waals surface area contributed by atoms with E-state index in [1.54, 1.807) is 0 Å². The van der Waals surface area contributed by atoms with E-state index < -0.39 is 0 Å². The summed E-state index contributed by atoms with van der Waals surface area (Å²) in [5.74, 6) is 3.15. The molecule has 0 aromatic carbocycles. The lowest BCUT2D eigenvalue weighted by molar-refractivity contribution is -0.0688. The minimum Gasteiger partial charge on any atom is -0.371 e. The van der Waals surface area contributed by atoms with E-state index >= 15 is 0 Å². The SMILES string of the molecule is CCCCCCCCCCCCCCC1(CC#CBr)CNCCO1. The monoisotopic (exact) mass is 399 g/mol. The fourth-order valence-corrected chi connectivity index (χ4v) is 3.69. The molecule has 1 N–H and O–H groups in total. The fraction of sp³-hybridized carbons (Fsp3) is 0.905. The third-order valence-corrected chi connectivity index (χ3v) is 5.38. The van der Waals surface area contributed by atoms with Gasteiger partial charge in [-0.3, -0.25) is 0 Å². The van der Waals surface area contributed by atoms with Gasteiger partial charge in [0, 0.05) is 35.4 Å². The number of hydrogen-bond donors (Lipinski definition) is 1. The molecule has 1 saturated heterocycles. The third-order valence-electron chi connectivity index (χ3n) is 5.10. The van der Waals surface area contributed by atoms with Crippen LogP contribution in [-0.2, 0) is 4.74 Å². The topological polar surface area (TPSA) is 21.3 Å². The van der Waals surface area contributed by atoms with Crippen molar-refractivity contribution in [2.24, 2.45) is 0 Å². The number of rotatable bonds is 14. The van der Waals surface area contributed by atoms with Gasteiger partial charge in [0.1, 0.15) is 0 Å². The molecule has 1 heterocycles. The number of ether oxygens (including phenoxy) is 1. The number of nitrogens with one attached hydrogen (secondary N) is 1. The third kappa shape index (κ3) is 10.7. The molecule has 1 aliphatic heterocycles. The van der Waals surface area contributed by atoms with Crippen molar-refractivity contribution < 1.29 is 4.74 Å². The molecule has 0 spiro atoms. The zero-order chi connectivity index (χ0) is 17.3. The van der Waals surface area contributed by atoms with Crippen LogP contribution in [0.4, 0.5) is 0 Å². The van der Waals surface area contributed by atoms with Crippen LogP contribution in [0.15, 0.2) is 0 Å². The largest absolute Gasteiger partial charge is 0.371 e. The lowest BCUT2D eigenvalue weighted by atomic mass is 9.91. The number of unbranched alkanes of at least 4 members (excludes halogenated alkanes) is 11. The van der Waals surface area contributed by atoms with Gasteiger partial charge in [0.25, 0.3) is 0 Å². The van der Waals surface area contributed by atoms with Gasteiger partial charge in [0.15, 0.2) is 0 Å². The lowest BCUT2D eigenvalue weighted by Gasteiger charge is -2.36. The second kappa shape index (κ2) is 15.2. The van der Waals surface area contributed by atoms with Crippen LogP contribution in [0.5, 0.6) is 0 Å². The van der Waals surface area contributed by atoms with E-state index in [1.165, 1.54) is 77.0 Å². The lowest BCUT2D eigenvalue weighted by Crippen LogP contribution is -2.49. The molecule has 24 heavy (non-hydrogen) atoms. The van der Waals surface area contributed by atoms with Crippen LogP contribution in [0, 0.1) is 10.8 Å². The Hall–Kier alpha value is -0.0400. The Morgan fingerprint density at radius 2 is 1.50 bits per heavy atom. The maximum atomic E-state index is 6.08. The van der Waals surface area contributed by atoms with Crippen LogP contribution in [0.1, 0.15) is 96.8 Å². The highest BCUT2D eigenvalue weighted by Gasteiger charge is 2.31. The van der Waals surface area contributed by atoms with Crippen molar-refractivity contribution >= 4 is 15.9 Å². The first-order valence-electron chi connectivity index (χ1n) is 10.3. The van der Waals surface area contributed by atoms with E-state index in [0.29, 0.717) is 0 Å². The van der Waals surface area contributed by atoms with Gasteiger partial charge >= 0.3 is 0 Å². The zero-order valence-corrected chi connectivity index (χ0v) is 17.4. The van der Waals surface area contributed by atoms with Gasteiger partial charge in [-0.2, -0.15) is 0 Å². The van der Waals surface area contributed by atoms with Crippen LogP contribution >= 0.6 is 15.9 Å². The molecule has 1 aliphatic rings. The van der Waals surface area contributed by atoms with Gasteiger partial charge in [-0.15, -0.1) is 0 Å². The minimum absolute atomic E-state index is 0.0441. The van der Waals surface area contributed by atoms with E-state index in [1.807, 2.05) is 0 Å². The fourth-order valence-electron chi connectivity index (χ4n) is 3.55. The average molecular weight is 400 g/mol. The van der Waals surface area contributed by atoms with Gasteiger partial charge in [-0.25, -0.2) is 0 Å². The van der Waals surface area contributed by atoms with Gasteiger partial charge in [-0.1, -0.05) is 89.9 Å². The van der Waals surface area contributed by atoms with E-state index in [-0.39, 0.29) is 5.60 Å². The van der Waals surface area contributed by atoms with Gasteiger partial charge in [0.2, 0.25) is 0 Å². The Morgan fingerprint density at radius 3 is 2.00 bits per heavy atom. The summed E-state index contributed by atoms with van der Waals surface area (Å²) in [5.41, 5.74) is -0.0441. The summed E-state index contributed by atoms with van der Waals surface area (Å²) in [4.78, 5) is 2.84. The molecular weight excluding hydrogens is 362 g/mol. The van der Waals surface area contributed by atoms with Crippen molar-refractivity contribution in [2.75, 3.05) is 19.7 Å². The highest BCUT2D eigenvalue weighted by molar-refractivity contribution is 9.12. The molecule has 0 amide bonds. The Labute approximate surface area is 159 Å². The van der Waals surface area contributed by atoms with Crippen molar-refractivity contribution in [2.45, 2.75) is 102 Å². The first-order chi connectivity index (χ1) is 11.8. The van der Waals surface area contributed by atoms with Gasteiger partial charge in [-0.05, 0) is 11.3 Å². The minimum atomic E-state index is -0.0441. The normalized spacial score (nSPS) is 20.6. The number of hydrogen-bond acceptors (Lipinski definition) is 2. The molecule has 140 valence electrons. The summed E-state index contributed by atoms with van der Waals surface area (Å²) in [6.07, 6.45) is 18.8. The van der Waals surface area contributed by atoms with E-state index in [9.17, 15) is 0 Å². The van der Waals surface area contributed by atoms with Crippen molar-refractivity contribution in [1.29, 1.82) is 0 Å². The summed E-state index contributed by atoms with van der Waals surface area (Å²) in [6, 6.07) is 0. The predicted octanol–water partition coefficient (Wildman–Crippen LogP) is 6.18. The molecule has 2 nitrogen and oxygen atoms in total. The van der Waals surface area contributed by atoms with Crippen LogP contribution in [0.2, 0.25) is 0 Å². The van der Waals surface area contributed by atoms with Crippen LogP contribution in [0.25, 0.3) is 0 Å². The molecule has 0 bridgehead atoms. The number of morpholine rings is 1.